The molecule has 2 saturated carbocycles. The van der Waals surface area contributed by atoms with Crippen molar-refractivity contribution < 1.29 is 9.53 Å². The molecule has 3 rings (SSSR count). The summed E-state index contributed by atoms with van der Waals surface area (Å²) in [7, 11) is 0. The van der Waals surface area contributed by atoms with E-state index in [9.17, 15) is 4.79 Å². The Kier molecular flexibility index (Phi) is 3.47. The summed E-state index contributed by atoms with van der Waals surface area (Å²) in [6.45, 7) is 8.75. The number of carbonyl (C=O) groups is 1. The highest BCUT2D eigenvalue weighted by molar-refractivity contribution is 5.69. The molecule has 0 atom stereocenters. The second-order valence-electron chi connectivity index (χ2n) is 8.15. The largest absolute Gasteiger partial charge is 0.444 e. The Morgan fingerprint density at radius 3 is 2.45 bits per heavy atom. The number of rotatable bonds is 3. The van der Waals surface area contributed by atoms with E-state index >= 15 is 0 Å². The van der Waals surface area contributed by atoms with Crippen molar-refractivity contribution in [3.63, 3.8) is 0 Å². The van der Waals surface area contributed by atoms with Crippen molar-refractivity contribution in [2.45, 2.75) is 64.5 Å². The number of hydrogen-bond donors (Lipinski definition) is 1. The van der Waals surface area contributed by atoms with Crippen molar-refractivity contribution >= 4 is 6.09 Å². The van der Waals surface area contributed by atoms with E-state index in [1.54, 1.807) is 0 Å². The smallest absolute Gasteiger partial charge is 0.410 e. The molecule has 20 heavy (non-hydrogen) atoms. The summed E-state index contributed by atoms with van der Waals surface area (Å²) in [5.74, 6) is 0.936. The average molecular weight is 280 g/mol. The number of amides is 1. The second-order valence-corrected chi connectivity index (χ2v) is 8.15. The Morgan fingerprint density at radius 2 is 1.95 bits per heavy atom. The van der Waals surface area contributed by atoms with E-state index in [0.717, 1.165) is 19.0 Å². The van der Waals surface area contributed by atoms with Gasteiger partial charge < -0.3 is 15.0 Å². The molecule has 3 aliphatic rings. The Morgan fingerprint density at radius 1 is 1.30 bits per heavy atom. The molecule has 0 aromatic heterocycles. The fourth-order valence-electron chi connectivity index (χ4n) is 3.64. The molecule has 0 unspecified atom stereocenters. The Hall–Kier alpha value is -0.770. The first-order valence-electron chi connectivity index (χ1n) is 8.07. The third-order valence-corrected chi connectivity index (χ3v) is 4.98. The zero-order valence-electron chi connectivity index (χ0n) is 13.1. The maximum atomic E-state index is 11.9. The average Bonchev–Trinajstić information content (AvgIpc) is 2.12. The zero-order chi connectivity index (χ0) is 14.4. The molecule has 1 amide bonds. The van der Waals surface area contributed by atoms with Crippen LogP contribution in [-0.2, 0) is 4.74 Å². The number of nitrogens with zero attached hydrogens (tertiary/aromatic N) is 1. The lowest BCUT2D eigenvalue weighted by molar-refractivity contribution is -0.0834. The molecule has 1 N–H and O–H groups in total. The van der Waals surface area contributed by atoms with E-state index in [2.05, 4.69) is 5.32 Å². The van der Waals surface area contributed by atoms with Gasteiger partial charge in [-0.3, -0.25) is 0 Å². The van der Waals surface area contributed by atoms with Crippen molar-refractivity contribution in [1.82, 2.24) is 10.2 Å². The maximum absolute atomic E-state index is 11.9. The summed E-state index contributed by atoms with van der Waals surface area (Å²) in [6, 6.07) is 0.691. The van der Waals surface area contributed by atoms with E-state index in [-0.39, 0.29) is 11.7 Å². The van der Waals surface area contributed by atoms with Crippen molar-refractivity contribution in [2.75, 3.05) is 19.6 Å². The molecule has 0 radical (unpaired) electrons. The van der Waals surface area contributed by atoms with Crippen molar-refractivity contribution in [2.24, 2.45) is 11.3 Å². The van der Waals surface area contributed by atoms with Gasteiger partial charge in [0.1, 0.15) is 5.60 Å². The van der Waals surface area contributed by atoms with Crippen LogP contribution in [0.15, 0.2) is 0 Å². The quantitative estimate of drug-likeness (QED) is 0.864. The molecule has 3 fully saturated rings. The molecule has 2 aliphatic carbocycles. The number of hydrogen-bond acceptors (Lipinski definition) is 3. The standard InChI is InChI=1S/C16H28N2O2/c1-15(2,3)20-14(19)18-10-16(11-18)7-13(8-16)17-9-12-5-4-6-12/h12-13,17H,4-11H2,1-3H3. The van der Waals surface area contributed by atoms with E-state index in [1.165, 1.54) is 38.6 Å². The molecule has 4 nitrogen and oxygen atoms in total. The second kappa shape index (κ2) is 4.90. The number of carbonyl (C=O) groups excluding carboxylic acids is 1. The summed E-state index contributed by atoms with van der Waals surface area (Å²) >= 11 is 0. The molecule has 1 spiro atoms. The third kappa shape index (κ3) is 2.95. The summed E-state index contributed by atoms with van der Waals surface area (Å²) < 4.78 is 5.40. The van der Waals surface area contributed by atoms with Gasteiger partial charge in [-0.25, -0.2) is 4.79 Å². The van der Waals surface area contributed by atoms with Gasteiger partial charge in [0, 0.05) is 24.5 Å². The van der Waals surface area contributed by atoms with Crippen LogP contribution in [0.1, 0.15) is 52.9 Å². The van der Waals surface area contributed by atoms with Gasteiger partial charge in [-0.15, -0.1) is 0 Å². The highest BCUT2D eigenvalue weighted by Crippen LogP contribution is 2.48. The van der Waals surface area contributed by atoms with Gasteiger partial charge in [-0.05, 0) is 58.9 Å². The van der Waals surface area contributed by atoms with Gasteiger partial charge in [0.25, 0.3) is 0 Å². The minimum atomic E-state index is -0.383. The SMILES string of the molecule is CC(C)(C)OC(=O)N1CC2(CC(NCC3CCC3)C2)C1. The maximum Gasteiger partial charge on any atom is 0.410 e. The van der Waals surface area contributed by atoms with Crippen LogP contribution in [0.5, 0.6) is 0 Å². The summed E-state index contributed by atoms with van der Waals surface area (Å²) in [6.07, 6.45) is 6.58. The van der Waals surface area contributed by atoms with Crippen LogP contribution in [0.2, 0.25) is 0 Å². The number of nitrogens with one attached hydrogen (secondary N) is 1. The molecular weight excluding hydrogens is 252 g/mol. The first kappa shape index (κ1) is 14.2. The van der Waals surface area contributed by atoms with Crippen molar-refractivity contribution in [3.8, 4) is 0 Å². The third-order valence-electron chi connectivity index (χ3n) is 4.98. The van der Waals surface area contributed by atoms with Gasteiger partial charge in [0.2, 0.25) is 0 Å². The molecule has 1 saturated heterocycles. The van der Waals surface area contributed by atoms with E-state index in [1.807, 2.05) is 25.7 Å². The highest BCUT2D eigenvalue weighted by atomic mass is 16.6. The fraction of sp³-hybridized carbons (Fsp3) is 0.938. The highest BCUT2D eigenvalue weighted by Gasteiger charge is 2.54. The van der Waals surface area contributed by atoms with E-state index < -0.39 is 0 Å². The lowest BCUT2D eigenvalue weighted by atomic mass is 9.60. The van der Waals surface area contributed by atoms with E-state index in [0.29, 0.717) is 11.5 Å². The molecule has 0 bridgehead atoms. The van der Waals surface area contributed by atoms with E-state index in [4.69, 9.17) is 4.74 Å². The van der Waals surface area contributed by atoms with Crippen LogP contribution >= 0.6 is 0 Å². The van der Waals surface area contributed by atoms with Crippen LogP contribution in [0.25, 0.3) is 0 Å². The van der Waals surface area contributed by atoms with Crippen LogP contribution in [0.4, 0.5) is 4.79 Å². The minimum Gasteiger partial charge on any atom is -0.444 e. The van der Waals surface area contributed by atoms with Gasteiger partial charge in [-0.1, -0.05) is 6.42 Å². The molecule has 0 aromatic rings. The first-order chi connectivity index (χ1) is 9.35. The van der Waals surface area contributed by atoms with Crippen LogP contribution in [0.3, 0.4) is 0 Å². The van der Waals surface area contributed by atoms with Gasteiger partial charge in [-0.2, -0.15) is 0 Å². The monoisotopic (exact) mass is 280 g/mol. The van der Waals surface area contributed by atoms with Gasteiger partial charge in [0.05, 0.1) is 0 Å². The molecule has 0 aromatic carbocycles. The minimum absolute atomic E-state index is 0.144. The predicted molar refractivity (Wildman–Crippen MR) is 78.6 cm³/mol. The lowest BCUT2D eigenvalue weighted by Gasteiger charge is -2.59. The summed E-state index contributed by atoms with van der Waals surface area (Å²) in [5.41, 5.74) is 0.0283. The molecular formula is C16H28N2O2. The Balaban J connectivity index is 1.33. The van der Waals surface area contributed by atoms with Crippen LogP contribution in [0, 0.1) is 11.3 Å². The fourth-order valence-corrected chi connectivity index (χ4v) is 3.64. The topological polar surface area (TPSA) is 41.6 Å². The van der Waals surface area contributed by atoms with Crippen LogP contribution in [-0.4, -0.2) is 42.3 Å². The Bertz CT molecular complexity index is 370. The number of likely N-dealkylation sites (tertiary alicyclic amines) is 1. The van der Waals surface area contributed by atoms with Gasteiger partial charge >= 0.3 is 6.09 Å². The lowest BCUT2D eigenvalue weighted by Crippen LogP contribution is -2.67. The normalized spacial score (nSPS) is 25.9. The number of ether oxygens (including phenoxy) is 1. The summed E-state index contributed by atoms with van der Waals surface area (Å²) in [4.78, 5) is 13.8. The van der Waals surface area contributed by atoms with Crippen molar-refractivity contribution in [3.05, 3.63) is 0 Å². The predicted octanol–water partition coefficient (Wildman–Crippen LogP) is 2.78. The van der Waals surface area contributed by atoms with Crippen molar-refractivity contribution in [1.29, 1.82) is 0 Å². The molecule has 114 valence electrons. The summed E-state index contributed by atoms with van der Waals surface area (Å²) in [5, 5.41) is 3.69. The molecule has 4 heteroatoms. The zero-order valence-corrected chi connectivity index (χ0v) is 13.1. The first-order valence-corrected chi connectivity index (χ1v) is 8.07. The molecule has 1 aliphatic heterocycles. The van der Waals surface area contributed by atoms with Crippen LogP contribution < -0.4 is 5.32 Å². The van der Waals surface area contributed by atoms with Gasteiger partial charge in [0.15, 0.2) is 0 Å². The Labute approximate surface area is 122 Å². The molecule has 1 heterocycles.